The third-order valence-corrected chi connectivity index (χ3v) is 3.84. The van der Waals surface area contributed by atoms with Gasteiger partial charge in [0.25, 0.3) is 0 Å². The Hall–Kier alpha value is -1.56. The van der Waals surface area contributed by atoms with Crippen molar-refractivity contribution >= 4 is 5.91 Å². The van der Waals surface area contributed by atoms with Crippen molar-refractivity contribution in [2.24, 2.45) is 5.92 Å². The number of hydrogen-bond acceptors (Lipinski definition) is 2. The fourth-order valence-corrected chi connectivity index (χ4v) is 2.76. The number of amides is 1. The van der Waals surface area contributed by atoms with Crippen molar-refractivity contribution in [1.29, 1.82) is 0 Å². The molecule has 6 heteroatoms. The average molecular weight is 300 g/mol. The summed E-state index contributed by atoms with van der Waals surface area (Å²) in [6.07, 6.45) is -3.03. The van der Waals surface area contributed by atoms with E-state index in [4.69, 9.17) is 0 Å². The van der Waals surface area contributed by atoms with Gasteiger partial charge < -0.3 is 5.32 Å². The largest absolute Gasteiger partial charge is 0.416 e. The summed E-state index contributed by atoms with van der Waals surface area (Å²) >= 11 is 0. The highest BCUT2D eigenvalue weighted by Crippen LogP contribution is 2.33. The van der Waals surface area contributed by atoms with Gasteiger partial charge in [0.05, 0.1) is 5.56 Å². The first kappa shape index (κ1) is 15.8. The molecule has 1 saturated heterocycles. The van der Waals surface area contributed by atoms with Crippen LogP contribution < -0.4 is 5.32 Å². The van der Waals surface area contributed by atoms with Gasteiger partial charge >= 0.3 is 6.18 Å². The Morgan fingerprint density at radius 2 is 2.10 bits per heavy atom. The van der Waals surface area contributed by atoms with E-state index in [0.29, 0.717) is 18.5 Å². The zero-order chi connectivity index (χ0) is 15.5. The van der Waals surface area contributed by atoms with E-state index in [1.54, 1.807) is 13.1 Å². The Labute approximate surface area is 122 Å². The standard InChI is InChI=1S/C15H19F3N2O/c1-19-14(21)8-11-6-7-20(9-11)10-12-4-2-3-5-13(12)15(16,17)18/h2-5,11H,6-10H2,1H3,(H,19,21)/t11-/m1/s1. The van der Waals surface area contributed by atoms with Crippen molar-refractivity contribution in [1.82, 2.24) is 10.2 Å². The fraction of sp³-hybridized carbons (Fsp3) is 0.533. The molecule has 1 aromatic rings. The molecule has 0 aliphatic carbocycles. The molecule has 21 heavy (non-hydrogen) atoms. The molecule has 0 aromatic heterocycles. The number of alkyl halides is 3. The third-order valence-electron chi connectivity index (χ3n) is 3.84. The minimum Gasteiger partial charge on any atom is -0.359 e. The van der Waals surface area contributed by atoms with Crippen LogP contribution in [0.3, 0.4) is 0 Å². The Balaban J connectivity index is 1.99. The van der Waals surface area contributed by atoms with Gasteiger partial charge in [-0.05, 0) is 30.5 Å². The maximum atomic E-state index is 12.9. The first-order valence-corrected chi connectivity index (χ1v) is 6.98. The van der Waals surface area contributed by atoms with Crippen molar-refractivity contribution in [2.45, 2.75) is 25.6 Å². The molecule has 1 N–H and O–H groups in total. The van der Waals surface area contributed by atoms with E-state index >= 15 is 0 Å². The van der Waals surface area contributed by atoms with E-state index in [9.17, 15) is 18.0 Å². The van der Waals surface area contributed by atoms with Crippen LogP contribution >= 0.6 is 0 Å². The van der Waals surface area contributed by atoms with E-state index in [1.165, 1.54) is 12.1 Å². The van der Waals surface area contributed by atoms with Crippen LogP contribution in [0.15, 0.2) is 24.3 Å². The molecule has 1 atom stereocenters. The minimum absolute atomic E-state index is 0.0162. The lowest BCUT2D eigenvalue weighted by atomic mass is 10.0. The normalized spacial score (nSPS) is 19.7. The number of carbonyl (C=O) groups is 1. The maximum absolute atomic E-state index is 12.9. The van der Waals surface area contributed by atoms with Gasteiger partial charge in [0.2, 0.25) is 5.91 Å². The quantitative estimate of drug-likeness (QED) is 0.927. The second-order valence-electron chi connectivity index (χ2n) is 5.42. The number of benzene rings is 1. The highest BCUT2D eigenvalue weighted by atomic mass is 19.4. The summed E-state index contributed by atoms with van der Waals surface area (Å²) in [4.78, 5) is 13.3. The molecule has 2 rings (SSSR count). The molecule has 1 heterocycles. The van der Waals surface area contributed by atoms with E-state index in [-0.39, 0.29) is 18.4 Å². The molecular weight excluding hydrogens is 281 g/mol. The highest BCUT2D eigenvalue weighted by Gasteiger charge is 2.34. The van der Waals surface area contributed by atoms with Crippen LogP contribution in [0.4, 0.5) is 13.2 Å². The molecule has 0 unspecified atom stereocenters. The van der Waals surface area contributed by atoms with Gasteiger partial charge in [-0.3, -0.25) is 9.69 Å². The van der Waals surface area contributed by atoms with Crippen LogP contribution in [0, 0.1) is 5.92 Å². The van der Waals surface area contributed by atoms with Crippen molar-refractivity contribution in [3.63, 3.8) is 0 Å². The lowest BCUT2D eigenvalue weighted by Gasteiger charge is -2.19. The van der Waals surface area contributed by atoms with Gasteiger partial charge in [0.1, 0.15) is 0 Å². The van der Waals surface area contributed by atoms with Crippen molar-refractivity contribution in [2.75, 3.05) is 20.1 Å². The molecule has 0 radical (unpaired) electrons. The highest BCUT2D eigenvalue weighted by molar-refractivity contribution is 5.75. The summed E-state index contributed by atoms with van der Waals surface area (Å²) < 4.78 is 38.8. The number of nitrogens with zero attached hydrogens (tertiary/aromatic N) is 1. The minimum atomic E-state index is -4.32. The van der Waals surface area contributed by atoms with E-state index in [2.05, 4.69) is 5.32 Å². The summed E-state index contributed by atoms with van der Waals surface area (Å²) in [5.74, 6) is 0.209. The Kier molecular flexibility index (Phi) is 4.88. The predicted molar refractivity (Wildman–Crippen MR) is 73.5 cm³/mol. The zero-order valence-electron chi connectivity index (χ0n) is 11.9. The van der Waals surface area contributed by atoms with Gasteiger partial charge in [0.15, 0.2) is 0 Å². The number of halogens is 3. The summed E-state index contributed by atoms with van der Waals surface area (Å²) in [6, 6.07) is 5.68. The monoisotopic (exact) mass is 300 g/mol. The number of likely N-dealkylation sites (tertiary alicyclic amines) is 1. The molecule has 1 fully saturated rings. The second-order valence-corrected chi connectivity index (χ2v) is 5.42. The summed E-state index contributed by atoms with van der Waals surface area (Å²) in [7, 11) is 1.59. The molecule has 0 bridgehead atoms. The van der Waals surface area contributed by atoms with Crippen molar-refractivity contribution < 1.29 is 18.0 Å². The molecule has 0 saturated carbocycles. The molecule has 3 nitrogen and oxygen atoms in total. The van der Waals surface area contributed by atoms with Crippen LogP contribution in [0.2, 0.25) is 0 Å². The van der Waals surface area contributed by atoms with Crippen LogP contribution in [0.25, 0.3) is 0 Å². The Morgan fingerprint density at radius 3 is 2.76 bits per heavy atom. The molecule has 1 aromatic carbocycles. The predicted octanol–water partition coefficient (Wildman–Crippen LogP) is 2.66. The van der Waals surface area contributed by atoms with Gasteiger partial charge in [-0.15, -0.1) is 0 Å². The second kappa shape index (κ2) is 6.47. The Morgan fingerprint density at radius 1 is 1.38 bits per heavy atom. The summed E-state index contributed by atoms with van der Waals surface area (Å²) in [6.45, 7) is 1.67. The van der Waals surface area contributed by atoms with Crippen LogP contribution in [-0.2, 0) is 17.5 Å². The SMILES string of the molecule is CNC(=O)C[C@H]1CCN(Cc2ccccc2C(F)(F)F)C1. The van der Waals surface area contributed by atoms with Crippen LogP contribution in [0.1, 0.15) is 24.0 Å². The molecule has 1 amide bonds. The lowest BCUT2D eigenvalue weighted by molar-refractivity contribution is -0.138. The number of carbonyl (C=O) groups excluding carboxylic acids is 1. The van der Waals surface area contributed by atoms with Gasteiger partial charge in [-0.25, -0.2) is 0 Å². The molecule has 116 valence electrons. The van der Waals surface area contributed by atoms with E-state index in [0.717, 1.165) is 19.0 Å². The van der Waals surface area contributed by atoms with E-state index in [1.807, 2.05) is 4.90 Å². The fourth-order valence-electron chi connectivity index (χ4n) is 2.76. The average Bonchev–Trinajstić information content (AvgIpc) is 2.85. The van der Waals surface area contributed by atoms with Gasteiger partial charge in [-0.2, -0.15) is 13.2 Å². The molecule has 0 spiro atoms. The molecular formula is C15H19F3N2O. The number of hydrogen-bond donors (Lipinski definition) is 1. The molecule has 1 aliphatic heterocycles. The van der Waals surface area contributed by atoms with Crippen LogP contribution in [0.5, 0.6) is 0 Å². The van der Waals surface area contributed by atoms with Gasteiger partial charge in [-0.1, -0.05) is 18.2 Å². The first-order chi connectivity index (χ1) is 9.90. The Bertz CT molecular complexity index is 502. The van der Waals surface area contributed by atoms with Crippen molar-refractivity contribution in [3.8, 4) is 0 Å². The number of nitrogens with one attached hydrogen (secondary N) is 1. The van der Waals surface area contributed by atoms with Crippen LogP contribution in [-0.4, -0.2) is 30.9 Å². The maximum Gasteiger partial charge on any atom is 0.416 e. The van der Waals surface area contributed by atoms with Gasteiger partial charge in [0, 0.05) is 26.6 Å². The summed E-state index contributed by atoms with van der Waals surface area (Å²) in [5, 5.41) is 2.58. The smallest absolute Gasteiger partial charge is 0.359 e. The first-order valence-electron chi connectivity index (χ1n) is 6.98. The van der Waals surface area contributed by atoms with E-state index < -0.39 is 11.7 Å². The topological polar surface area (TPSA) is 32.3 Å². The molecule has 1 aliphatic rings. The summed E-state index contributed by atoms with van der Waals surface area (Å²) in [5.41, 5.74) is -0.273. The third kappa shape index (κ3) is 4.20. The zero-order valence-corrected chi connectivity index (χ0v) is 11.9. The lowest BCUT2D eigenvalue weighted by Crippen LogP contribution is -2.25. The number of rotatable bonds is 4. The van der Waals surface area contributed by atoms with Crippen molar-refractivity contribution in [3.05, 3.63) is 35.4 Å².